The number of amides is 1. The number of hydrogen-bond donors (Lipinski definition) is 1. The van der Waals surface area contributed by atoms with Gasteiger partial charge in [-0.3, -0.25) is 10.00 Å². The summed E-state index contributed by atoms with van der Waals surface area (Å²) in [6.07, 6.45) is 0.0144. The molecule has 0 aliphatic carbocycles. The summed E-state index contributed by atoms with van der Waals surface area (Å²) < 4.78 is 10.2. The summed E-state index contributed by atoms with van der Waals surface area (Å²) in [7, 11) is 0. The molecule has 0 unspecified atom stereocenters. The second-order valence-electron chi connectivity index (χ2n) is 5.64. The zero-order valence-corrected chi connectivity index (χ0v) is 12.6. The van der Waals surface area contributed by atoms with Crippen LogP contribution in [0.3, 0.4) is 0 Å². The molecule has 1 aromatic rings. The largest absolute Gasteiger partial charge is 0.461 e. The minimum Gasteiger partial charge on any atom is -0.461 e. The number of carbonyl (C=O) groups excluding carboxylic acids is 2. The van der Waals surface area contributed by atoms with Gasteiger partial charge in [-0.05, 0) is 34.1 Å². The number of fused-ring (bicyclic) bond motifs is 1. The molecule has 7 heteroatoms. The maximum absolute atomic E-state index is 12.0. The molecule has 2 radical (unpaired) electrons. The molecule has 0 spiro atoms. The molecule has 1 N–H and O–H groups in total. The van der Waals surface area contributed by atoms with Crippen molar-refractivity contribution in [3.63, 3.8) is 0 Å². The van der Waals surface area contributed by atoms with E-state index in [-0.39, 0.29) is 0 Å². The Kier molecular flexibility index (Phi) is 4.20. The van der Waals surface area contributed by atoms with Crippen LogP contribution in [0.5, 0.6) is 0 Å². The predicted molar refractivity (Wildman–Crippen MR) is 73.5 cm³/mol. The molecule has 1 amide bonds. The maximum Gasteiger partial charge on any atom is 0.411 e. The quantitative estimate of drug-likeness (QED) is 0.840. The van der Waals surface area contributed by atoms with E-state index in [0.717, 1.165) is 0 Å². The van der Waals surface area contributed by atoms with Crippen molar-refractivity contribution in [2.45, 2.75) is 39.7 Å². The molecule has 1 aliphatic heterocycles. The third kappa shape index (κ3) is 3.53. The first-order valence-electron chi connectivity index (χ1n) is 6.83. The molecule has 0 atom stereocenters. The number of aromatic amines is 1. The fourth-order valence-electron chi connectivity index (χ4n) is 1.93. The van der Waals surface area contributed by atoms with Crippen LogP contribution < -0.4 is 0 Å². The van der Waals surface area contributed by atoms with Gasteiger partial charge in [0.25, 0.3) is 0 Å². The molecule has 0 fully saturated rings. The smallest absolute Gasteiger partial charge is 0.411 e. The van der Waals surface area contributed by atoms with Gasteiger partial charge >= 0.3 is 12.1 Å². The van der Waals surface area contributed by atoms with Crippen molar-refractivity contribution in [1.82, 2.24) is 15.1 Å². The predicted octanol–water partition coefficient (Wildman–Crippen LogP) is 1.77. The number of carbonyl (C=O) groups is 2. The van der Waals surface area contributed by atoms with Gasteiger partial charge in [-0.25, -0.2) is 9.59 Å². The summed E-state index contributed by atoms with van der Waals surface area (Å²) in [5.74, 6) is -0.446. The van der Waals surface area contributed by atoms with Gasteiger partial charge in [0.15, 0.2) is 6.54 Å². The Morgan fingerprint density at radius 2 is 2.14 bits per heavy atom. The van der Waals surface area contributed by atoms with Gasteiger partial charge in [-0.15, -0.1) is 0 Å². The second kappa shape index (κ2) is 5.75. The van der Waals surface area contributed by atoms with Gasteiger partial charge in [0.05, 0.1) is 12.3 Å². The van der Waals surface area contributed by atoms with Crippen LogP contribution in [0.15, 0.2) is 0 Å². The first kappa shape index (κ1) is 15.3. The van der Waals surface area contributed by atoms with E-state index < -0.39 is 17.7 Å². The van der Waals surface area contributed by atoms with Crippen molar-refractivity contribution in [2.75, 3.05) is 13.2 Å². The number of H-pyrrole nitrogens is 1. The zero-order chi connectivity index (χ0) is 15.6. The summed E-state index contributed by atoms with van der Waals surface area (Å²) in [6.45, 7) is 10.7. The lowest BCUT2D eigenvalue weighted by Gasteiger charge is -2.28. The minimum atomic E-state index is -0.569. The molecule has 2 heterocycles. The Morgan fingerprint density at radius 1 is 1.43 bits per heavy atom. The van der Waals surface area contributed by atoms with E-state index in [1.54, 1.807) is 27.7 Å². The highest BCUT2D eigenvalue weighted by molar-refractivity contribution is 5.89. The van der Waals surface area contributed by atoms with Gasteiger partial charge in [0, 0.05) is 12.1 Å². The number of nitrogens with one attached hydrogen (secondary N) is 1. The Bertz CT molecular complexity index is 545. The third-order valence-electron chi connectivity index (χ3n) is 2.79. The fourth-order valence-corrected chi connectivity index (χ4v) is 1.93. The number of hydrogen-bond acceptors (Lipinski definition) is 5. The number of esters is 1. The van der Waals surface area contributed by atoms with Crippen molar-refractivity contribution >= 4 is 12.1 Å². The summed E-state index contributed by atoms with van der Waals surface area (Å²) in [4.78, 5) is 25.1. The number of aromatic nitrogens is 2. The summed E-state index contributed by atoms with van der Waals surface area (Å²) in [5.41, 5.74) is 0.910. The highest BCUT2D eigenvalue weighted by Gasteiger charge is 2.31. The molecule has 114 valence electrons. The topological polar surface area (TPSA) is 84.5 Å². The molecule has 1 aliphatic rings. The van der Waals surface area contributed by atoms with Crippen LogP contribution in [-0.4, -0.2) is 45.9 Å². The van der Waals surface area contributed by atoms with Crippen molar-refractivity contribution in [1.29, 1.82) is 0 Å². The Labute approximate surface area is 123 Å². The molecule has 0 bridgehead atoms. The summed E-state index contributed by atoms with van der Waals surface area (Å²) >= 11 is 0. The van der Waals surface area contributed by atoms with Crippen LogP contribution in [0.2, 0.25) is 0 Å². The van der Waals surface area contributed by atoms with Gasteiger partial charge < -0.3 is 9.47 Å². The van der Waals surface area contributed by atoms with E-state index in [1.807, 2.05) is 0 Å². The van der Waals surface area contributed by atoms with Crippen LogP contribution >= 0.6 is 0 Å². The normalized spacial score (nSPS) is 14.6. The maximum atomic E-state index is 12.0. The molecule has 2 rings (SSSR count). The molecule has 21 heavy (non-hydrogen) atoms. The first-order chi connectivity index (χ1) is 9.81. The molecule has 1 aromatic heterocycles. The number of nitrogens with zero attached hydrogens (tertiary/aromatic N) is 2. The van der Waals surface area contributed by atoms with Crippen molar-refractivity contribution in [3.05, 3.63) is 23.5 Å². The number of ether oxygens (including phenoxy) is 2. The zero-order valence-electron chi connectivity index (χ0n) is 12.6. The lowest BCUT2D eigenvalue weighted by atomic mass is 10.0. The number of rotatable bonds is 2. The molecule has 0 saturated carbocycles. The fraction of sp³-hybridized carbons (Fsp3) is 0.571. The monoisotopic (exact) mass is 293 g/mol. The van der Waals surface area contributed by atoms with E-state index in [2.05, 4.69) is 16.7 Å². The molecular weight excluding hydrogens is 274 g/mol. The first-order valence-corrected chi connectivity index (χ1v) is 6.83. The van der Waals surface area contributed by atoms with Crippen molar-refractivity contribution in [2.24, 2.45) is 0 Å². The Morgan fingerprint density at radius 3 is 2.76 bits per heavy atom. The third-order valence-corrected chi connectivity index (χ3v) is 2.79. The van der Waals surface area contributed by atoms with E-state index >= 15 is 0 Å². The Hall–Kier alpha value is -2.05. The minimum absolute atomic E-state index is 0.296. The van der Waals surface area contributed by atoms with Crippen molar-refractivity contribution < 1.29 is 19.1 Å². The van der Waals surface area contributed by atoms with Crippen LogP contribution in [0, 0.1) is 6.54 Å². The van der Waals surface area contributed by atoms with Crippen molar-refractivity contribution in [3.8, 4) is 0 Å². The summed E-state index contributed by atoms with van der Waals surface area (Å²) in [5, 5.41) is 6.65. The van der Waals surface area contributed by atoms with E-state index in [0.29, 0.717) is 36.5 Å². The van der Waals surface area contributed by atoms with Gasteiger partial charge in [0.1, 0.15) is 11.3 Å². The SMILES string of the molecule is CCOC(=O)c1[nH]nc2c1CCN(C(=O)OC(C)(C)C)[C]2. The van der Waals surface area contributed by atoms with E-state index in [9.17, 15) is 9.59 Å². The molecule has 0 aromatic carbocycles. The lowest BCUT2D eigenvalue weighted by molar-refractivity contribution is 0.0305. The highest BCUT2D eigenvalue weighted by atomic mass is 16.6. The van der Waals surface area contributed by atoms with E-state index in [1.165, 1.54) is 4.90 Å². The standard InChI is InChI=1S/C14H19N3O4/c1-5-20-12(18)11-9-6-7-17(8-10(9)15-16-11)13(19)21-14(2,3)4/h5-7H2,1-4H3,(H,15,16). The lowest BCUT2D eigenvalue weighted by Crippen LogP contribution is -2.38. The molecule has 0 saturated heterocycles. The second-order valence-corrected chi connectivity index (χ2v) is 5.64. The van der Waals surface area contributed by atoms with Crippen LogP contribution in [0.1, 0.15) is 49.4 Å². The molecular formula is C14H19N3O4. The molecule has 7 nitrogen and oxygen atoms in total. The van der Waals surface area contributed by atoms with Crippen LogP contribution in [0.25, 0.3) is 0 Å². The average molecular weight is 293 g/mol. The summed E-state index contributed by atoms with van der Waals surface area (Å²) in [6, 6.07) is 0. The highest BCUT2D eigenvalue weighted by Crippen LogP contribution is 2.23. The van der Waals surface area contributed by atoms with E-state index in [4.69, 9.17) is 9.47 Å². The van der Waals surface area contributed by atoms with Crippen LogP contribution in [-0.2, 0) is 15.9 Å². The van der Waals surface area contributed by atoms with Crippen LogP contribution in [0.4, 0.5) is 4.79 Å². The van der Waals surface area contributed by atoms with Gasteiger partial charge in [-0.2, -0.15) is 5.10 Å². The van der Waals surface area contributed by atoms with Gasteiger partial charge in [0.2, 0.25) is 0 Å². The van der Waals surface area contributed by atoms with Gasteiger partial charge in [-0.1, -0.05) is 0 Å². The average Bonchev–Trinajstić information content (AvgIpc) is 2.79. The Balaban J connectivity index is 2.09.